The van der Waals surface area contributed by atoms with Crippen molar-refractivity contribution in [3.63, 3.8) is 0 Å². The molecule has 5 nitrogen and oxygen atoms in total. The van der Waals surface area contributed by atoms with Crippen molar-refractivity contribution in [1.82, 2.24) is 9.38 Å². The van der Waals surface area contributed by atoms with Crippen LogP contribution in [0.5, 0.6) is 5.75 Å². The number of benzene rings is 1. The van der Waals surface area contributed by atoms with Gasteiger partial charge in [-0.15, -0.1) is 11.3 Å². The second kappa shape index (κ2) is 4.92. The molecule has 3 rings (SSSR count). The van der Waals surface area contributed by atoms with Crippen LogP contribution in [-0.4, -0.2) is 23.6 Å². The summed E-state index contributed by atoms with van der Waals surface area (Å²) in [5.74, 6) is 0.267. The Hall–Kier alpha value is -1.86. The van der Waals surface area contributed by atoms with Crippen LogP contribution >= 0.6 is 11.3 Å². The minimum atomic E-state index is -3.48. The van der Waals surface area contributed by atoms with E-state index in [9.17, 15) is 8.42 Å². The smallest absolute Gasteiger partial charge is 0.308 e. The predicted octanol–water partition coefficient (Wildman–Crippen LogP) is 2.79. The van der Waals surface area contributed by atoms with E-state index in [0.717, 1.165) is 16.2 Å². The van der Waals surface area contributed by atoms with Gasteiger partial charge in [0.25, 0.3) is 0 Å². The van der Waals surface area contributed by atoms with Gasteiger partial charge in [0.15, 0.2) is 4.96 Å². The van der Waals surface area contributed by atoms with Crippen LogP contribution in [0, 0.1) is 0 Å². The van der Waals surface area contributed by atoms with Crippen molar-refractivity contribution >= 4 is 26.4 Å². The summed E-state index contributed by atoms with van der Waals surface area (Å²) in [6, 6.07) is 6.87. The molecule has 104 valence electrons. The number of fused-ring (bicyclic) bond motifs is 1. The van der Waals surface area contributed by atoms with Gasteiger partial charge in [0.05, 0.1) is 11.4 Å². The molecule has 0 fully saturated rings. The van der Waals surface area contributed by atoms with E-state index in [-0.39, 0.29) is 5.75 Å². The van der Waals surface area contributed by atoms with Gasteiger partial charge < -0.3 is 4.18 Å². The molecule has 0 unspecified atom stereocenters. The van der Waals surface area contributed by atoms with Gasteiger partial charge in [-0.1, -0.05) is 0 Å². The van der Waals surface area contributed by atoms with Gasteiger partial charge in [0.2, 0.25) is 0 Å². The SMILES string of the molecule is CCS(=O)(=O)Oc1ccc(-c2cn3ccsc3n2)cc1. The van der Waals surface area contributed by atoms with Crippen molar-refractivity contribution in [3.8, 4) is 17.0 Å². The summed E-state index contributed by atoms with van der Waals surface area (Å²) >= 11 is 1.56. The van der Waals surface area contributed by atoms with E-state index in [1.165, 1.54) is 0 Å². The number of nitrogens with zero attached hydrogens (tertiary/aromatic N) is 2. The third kappa shape index (κ3) is 2.54. The third-order valence-corrected chi connectivity index (χ3v) is 4.74. The highest BCUT2D eigenvalue weighted by molar-refractivity contribution is 7.87. The van der Waals surface area contributed by atoms with Gasteiger partial charge in [-0.05, 0) is 31.2 Å². The van der Waals surface area contributed by atoms with Crippen molar-refractivity contribution in [3.05, 3.63) is 42.0 Å². The highest BCUT2D eigenvalue weighted by Gasteiger charge is 2.10. The number of imidazole rings is 1. The molecule has 7 heteroatoms. The van der Waals surface area contributed by atoms with Crippen LogP contribution in [-0.2, 0) is 10.1 Å². The molecule has 0 aliphatic heterocycles. The lowest BCUT2D eigenvalue weighted by Crippen LogP contribution is -2.11. The van der Waals surface area contributed by atoms with Crippen molar-refractivity contribution in [2.24, 2.45) is 0 Å². The number of aromatic nitrogens is 2. The summed E-state index contributed by atoms with van der Waals surface area (Å²) in [6.07, 6.45) is 3.88. The van der Waals surface area contributed by atoms with E-state index in [2.05, 4.69) is 4.98 Å². The van der Waals surface area contributed by atoms with Gasteiger partial charge >= 0.3 is 10.1 Å². The minimum Gasteiger partial charge on any atom is -0.382 e. The summed E-state index contributed by atoms with van der Waals surface area (Å²) in [5.41, 5.74) is 1.77. The van der Waals surface area contributed by atoms with Crippen molar-refractivity contribution in [2.45, 2.75) is 6.92 Å². The Bertz CT molecular complexity index is 804. The number of hydrogen-bond donors (Lipinski definition) is 0. The quantitative estimate of drug-likeness (QED) is 0.695. The molecule has 0 radical (unpaired) electrons. The van der Waals surface area contributed by atoms with Crippen molar-refractivity contribution < 1.29 is 12.6 Å². The van der Waals surface area contributed by atoms with Gasteiger partial charge in [-0.2, -0.15) is 8.42 Å². The molecular weight excluding hydrogens is 296 g/mol. The lowest BCUT2D eigenvalue weighted by Gasteiger charge is -2.05. The summed E-state index contributed by atoms with van der Waals surface area (Å²) in [4.78, 5) is 5.41. The maximum absolute atomic E-state index is 11.4. The van der Waals surface area contributed by atoms with Gasteiger partial charge in [-0.3, -0.25) is 4.40 Å². The van der Waals surface area contributed by atoms with E-state index < -0.39 is 10.1 Å². The zero-order chi connectivity index (χ0) is 14.2. The normalized spacial score (nSPS) is 11.8. The Labute approximate surface area is 120 Å². The van der Waals surface area contributed by atoms with Crippen LogP contribution in [0.2, 0.25) is 0 Å². The second-order valence-corrected chi connectivity index (χ2v) is 6.91. The molecule has 0 bridgehead atoms. The van der Waals surface area contributed by atoms with Gasteiger partial charge in [0, 0.05) is 23.3 Å². The molecule has 20 heavy (non-hydrogen) atoms. The Kier molecular flexibility index (Phi) is 3.23. The lowest BCUT2D eigenvalue weighted by atomic mass is 10.2. The fraction of sp³-hybridized carbons (Fsp3) is 0.154. The average molecular weight is 308 g/mol. The van der Waals surface area contributed by atoms with Crippen molar-refractivity contribution in [2.75, 3.05) is 5.75 Å². The van der Waals surface area contributed by atoms with E-state index in [1.54, 1.807) is 42.5 Å². The molecule has 2 aromatic heterocycles. The Morgan fingerprint density at radius 3 is 2.70 bits per heavy atom. The van der Waals surface area contributed by atoms with Crippen LogP contribution in [0.15, 0.2) is 42.0 Å². The number of thiazole rings is 1. The highest BCUT2D eigenvalue weighted by Crippen LogP contribution is 2.24. The van der Waals surface area contributed by atoms with E-state index in [0.29, 0.717) is 5.75 Å². The average Bonchev–Trinajstić information content (AvgIpc) is 3.00. The van der Waals surface area contributed by atoms with Crippen LogP contribution < -0.4 is 4.18 Å². The molecule has 0 atom stereocenters. The molecular formula is C13H12N2O3S2. The molecule has 0 aliphatic carbocycles. The Balaban J connectivity index is 1.87. The van der Waals surface area contributed by atoms with Crippen molar-refractivity contribution in [1.29, 1.82) is 0 Å². The van der Waals surface area contributed by atoms with Gasteiger partial charge in [-0.25, -0.2) is 4.98 Å². The molecule has 0 N–H and O–H groups in total. The van der Waals surface area contributed by atoms with E-state index in [4.69, 9.17) is 4.18 Å². The summed E-state index contributed by atoms with van der Waals surface area (Å²) in [7, 11) is -3.48. The minimum absolute atomic E-state index is 0.0495. The van der Waals surface area contributed by atoms with Crippen LogP contribution in [0.3, 0.4) is 0 Å². The zero-order valence-corrected chi connectivity index (χ0v) is 12.3. The number of hydrogen-bond acceptors (Lipinski definition) is 5. The maximum Gasteiger partial charge on any atom is 0.308 e. The lowest BCUT2D eigenvalue weighted by molar-refractivity contribution is 0.487. The first-order valence-corrected chi connectivity index (χ1v) is 8.48. The fourth-order valence-corrected chi connectivity index (χ4v) is 2.98. The first-order chi connectivity index (χ1) is 9.57. The van der Waals surface area contributed by atoms with E-state index >= 15 is 0 Å². The summed E-state index contributed by atoms with van der Waals surface area (Å²) in [5, 5.41) is 1.97. The topological polar surface area (TPSA) is 60.7 Å². The Morgan fingerprint density at radius 1 is 1.30 bits per heavy atom. The second-order valence-electron chi connectivity index (χ2n) is 4.17. The fourth-order valence-electron chi connectivity index (χ4n) is 1.75. The molecule has 3 aromatic rings. The molecule has 0 saturated carbocycles. The maximum atomic E-state index is 11.4. The monoisotopic (exact) mass is 308 g/mol. The van der Waals surface area contributed by atoms with E-state index in [1.807, 2.05) is 22.2 Å². The summed E-state index contributed by atoms with van der Waals surface area (Å²) in [6.45, 7) is 1.54. The van der Waals surface area contributed by atoms with Gasteiger partial charge in [0.1, 0.15) is 5.75 Å². The Morgan fingerprint density at radius 2 is 2.05 bits per heavy atom. The zero-order valence-electron chi connectivity index (χ0n) is 10.7. The molecule has 0 amide bonds. The first kappa shape index (κ1) is 13.1. The molecule has 0 aliphatic rings. The largest absolute Gasteiger partial charge is 0.382 e. The standard InChI is InChI=1S/C13H12N2O3S2/c1-2-20(16,17)18-11-5-3-10(4-6-11)12-9-15-7-8-19-13(15)14-12/h3-9H,2H2,1H3. The van der Waals surface area contributed by atoms with Crippen LogP contribution in [0.4, 0.5) is 0 Å². The first-order valence-electron chi connectivity index (χ1n) is 6.02. The molecule has 2 heterocycles. The van der Waals surface area contributed by atoms with Crippen LogP contribution in [0.25, 0.3) is 16.2 Å². The molecule has 0 spiro atoms. The summed E-state index contributed by atoms with van der Waals surface area (Å²) < 4.78 is 29.6. The third-order valence-electron chi connectivity index (χ3n) is 2.82. The van der Waals surface area contributed by atoms with Crippen LogP contribution in [0.1, 0.15) is 6.92 Å². The highest BCUT2D eigenvalue weighted by atomic mass is 32.2. The predicted molar refractivity (Wildman–Crippen MR) is 78.6 cm³/mol. The molecule has 0 saturated heterocycles. The number of rotatable bonds is 4. The molecule has 1 aromatic carbocycles.